The molecule has 0 amide bonds. The van der Waals surface area contributed by atoms with Crippen LogP contribution in [0.25, 0.3) is 0 Å². The summed E-state index contributed by atoms with van der Waals surface area (Å²) in [6.07, 6.45) is 2.63. The number of aryl methyl sites for hydroxylation is 3. The molecular formula is C16H21N5S2. The van der Waals surface area contributed by atoms with Gasteiger partial charge in [-0.25, -0.2) is 5.53 Å². The zero-order chi connectivity index (χ0) is 16.6. The van der Waals surface area contributed by atoms with Crippen molar-refractivity contribution in [2.24, 2.45) is 21.8 Å². The van der Waals surface area contributed by atoms with Gasteiger partial charge in [-0.2, -0.15) is 5.10 Å². The summed E-state index contributed by atoms with van der Waals surface area (Å²) in [6, 6.07) is 4.26. The molecule has 1 unspecified atom stereocenters. The van der Waals surface area contributed by atoms with Crippen molar-refractivity contribution in [3.05, 3.63) is 43.3 Å². The van der Waals surface area contributed by atoms with Crippen LogP contribution < -0.4 is 11.6 Å². The van der Waals surface area contributed by atoms with Crippen LogP contribution in [0.3, 0.4) is 0 Å². The second-order valence-electron chi connectivity index (χ2n) is 6.10. The number of hydrazone groups is 1. The molecule has 2 heterocycles. The Kier molecular flexibility index (Phi) is 4.35. The van der Waals surface area contributed by atoms with Gasteiger partial charge in [0.05, 0.1) is 5.41 Å². The third-order valence-electron chi connectivity index (χ3n) is 4.41. The van der Waals surface area contributed by atoms with Gasteiger partial charge in [0.2, 0.25) is 0 Å². The Labute approximate surface area is 143 Å². The van der Waals surface area contributed by atoms with Crippen LogP contribution in [0.5, 0.6) is 0 Å². The van der Waals surface area contributed by atoms with Crippen molar-refractivity contribution in [1.29, 1.82) is 5.53 Å². The lowest BCUT2D eigenvalue weighted by molar-refractivity contribution is 0.535. The summed E-state index contributed by atoms with van der Waals surface area (Å²) in [6.45, 7) is 4.09. The third kappa shape index (κ3) is 2.52. The summed E-state index contributed by atoms with van der Waals surface area (Å²) in [5.74, 6) is 6.00. The van der Waals surface area contributed by atoms with Crippen molar-refractivity contribution in [1.82, 2.24) is 0 Å². The average Bonchev–Trinajstić information content (AvgIpc) is 3.09. The Morgan fingerprint density at radius 3 is 2.78 bits per heavy atom. The maximum Gasteiger partial charge on any atom is 0.184 e. The molecule has 0 aromatic carbocycles. The highest BCUT2D eigenvalue weighted by atomic mass is 32.1. The molecule has 2 aromatic heterocycles. The molecule has 0 fully saturated rings. The summed E-state index contributed by atoms with van der Waals surface area (Å²) in [7, 11) is 0. The molecule has 2 aromatic rings. The molecular weight excluding hydrogens is 326 g/mol. The van der Waals surface area contributed by atoms with Gasteiger partial charge >= 0.3 is 0 Å². The molecule has 5 nitrogen and oxygen atoms in total. The van der Waals surface area contributed by atoms with Crippen LogP contribution in [-0.4, -0.2) is 11.9 Å². The number of amidine groups is 1. The molecule has 0 spiro atoms. The van der Waals surface area contributed by atoms with E-state index >= 15 is 0 Å². The van der Waals surface area contributed by atoms with Crippen molar-refractivity contribution in [3.8, 4) is 0 Å². The second-order valence-corrected chi connectivity index (χ2v) is 8.44. The van der Waals surface area contributed by atoms with Crippen molar-refractivity contribution in [3.63, 3.8) is 0 Å². The van der Waals surface area contributed by atoms with Gasteiger partial charge in [-0.1, -0.05) is 0 Å². The van der Waals surface area contributed by atoms with E-state index in [2.05, 4.69) is 34.7 Å². The maximum atomic E-state index is 7.66. The molecule has 1 aliphatic rings. The van der Waals surface area contributed by atoms with E-state index in [0.717, 1.165) is 18.4 Å². The molecule has 5 N–H and O–H groups in total. The molecule has 0 aliphatic heterocycles. The van der Waals surface area contributed by atoms with E-state index in [9.17, 15) is 0 Å². The predicted molar refractivity (Wildman–Crippen MR) is 96.6 cm³/mol. The van der Waals surface area contributed by atoms with Gasteiger partial charge in [0.25, 0.3) is 0 Å². The monoisotopic (exact) mass is 347 g/mol. The lowest BCUT2D eigenvalue weighted by Crippen LogP contribution is -2.41. The van der Waals surface area contributed by atoms with E-state index in [1.54, 1.807) is 11.3 Å². The zero-order valence-corrected chi connectivity index (χ0v) is 14.9. The van der Waals surface area contributed by atoms with Crippen molar-refractivity contribution < 1.29 is 0 Å². The molecule has 2 atom stereocenters. The summed E-state index contributed by atoms with van der Waals surface area (Å²) in [5.41, 5.74) is 15.6. The number of fused-ring (bicyclic) bond motifs is 2. The van der Waals surface area contributed by atoms with Crippen molar-refractivity contribution in [2.45, 2.75) is 44.6 Å². The summed E-state index contributed by atoms with van der Waals surface area (Å²) >= 11 is 3.56. The second kappa shape index (κ2) is 6.14. The number of nitrogens with one attached hydrogen (secondary N) is 1. The van der Waals surface area contributed by atoms with Gasteiger partial charge in [0, 0.05) is 20.7 Å². The molecule has 23 heavy (non-hydrogen) atoms. The van der Waals surface area contributed by atoms with Crippen LogP contribution in [-0.2, 0) is 18.3 Å². The Balaban J connectivity index is 2.38. The Morgan fingerprint density at radius 1 is 1.39 bits per heavy atom. The van der Waals surface area contributed by atoms with E-state index in [4.69, 9.17) is 17.1 Å². The van der Waals surface area contributed by atoms with Gasteiger partial charge in [0.15, 0.2) is 5.84 Å². The molecule has 0 radical (unpaired) electrons. The Morgan fingerprint density at radius 2 is 2.13 bits per heavy atom. The molecule has 122 valence electrons. The highest BCUT2D eigenvalue weighted by Gasteiger charge is 2.46. The first-order valence-electron chi connectivity index (χ1n) is 7.61. The topological polar surface area (TPSA) is 101 Å². The lowest BCUT2D eigenvalue weighted by atomic mass is 9.70. The highest BCUT2D eigenvalue weighted by Crippen LogP contribution is 2.48. The van der Waals surface area contributed by atoms with Crippen LogP contribution in [0.1, 0.15) is 39.1 Å². The molecule has 1 aliphatic carbocycles. The minimum atomic E-state index is -0.614. The van der Waals surface area contributed by atoms with Crippen LogP contribution in [0.2, 0.25) is 0 Å². The lowest BCUT2D eigenvalue weighted by Gasteiger charge is -2.34. The number of hydrogen-bond acceptors (Lipinski definition) is 6. The smallest absolute Gasteiger partial charge is 0.184 e. The van der Waals surface area contributed by atoms with E-state index in [0.29, 0.717) is 12.3 Å². The third-order valence-corrected chi connectivity index (χ3v) is 6.51. The summed E-state index contributed by atoms with van der Waals surface area (Å²) in [5, 5.41) is 9.71. The van der Waals surface area contributed by atoms with E-state index in [-0.39, 0.29) is 6.04 Å². The van der Waals surface area contributed by atoms with Crippen LogP contribution >= 0.6 is 22.7 Å². The highest BCUT2D eigenvalue weighted by molar-refractivity contribution is 7.12. The zero-order valence-electron chi connectivity index (χ0n) is 13.3. The SMILES string of the molecule is Cc1cc2c(s1)CCc1sccc1C2(C[C@H](C)N)/C(N=N)=N/N. The Hall–Kier alpha value is -1.57. The fourth-order valence-corrected chi connectivity index (χ4v) is 5.74. The normalized spacial score (nSPS) is 22.1. The summed E-state index contributed by atoms with van der Waals surface area (Å²) in [4.78, 5) is 3.90. The van der Waals surface area contributed by atoms with Gasteiger partial charge in [-0.05, 0) is 61.7 Å². The first-order chi connectivity index (χ1) is 11.0. The molecule has 7 heteroatoms. The first kappa shape index (κ1) is 16.3. The van der Waals surface area contributed by atoms with Crippen LogP contribution in [0.15, 0.2) is 27.7 Å². The first-order valence-corrected chi connectivity index (χ1v) is 9.30. The largest absolute Gasteiger partial charge is 0.328 e. The minimum Gasteiger partial charge on any atom is -0.328 e. The average molecular weight is 348 g/mol. The summed E-state index contributed by atoms with van der Waals surface area (Å²) < 4.78 is 0. The van der Waals surface area contributed by atoms with Gasteiger partial charge < -0.3 is 11.6 Å². The molecule has 3 rings (SSSR count). The van der Waals surface area contributed by atoms with Crippen LogP contribution in [0.4, 0.5) is 0 Å². The number of thiophene rings is 2. The molecule has 0 saturated carbocycles. The fourth-order valence-electron chi connectivity index (χ4n) is 3.67. The number of rotatable bonds is 3. The fraction of sp³-hybridized carbons (Fsp3) is 0.438. The quantitative estimate of drug-likeness (QED) is 0.260. The molecule has 0 saturated heterocycles. The number of hydrogen-bond donors (Lipinski definition) is 3. The van der Waals surface area contributed by atoms with Gasteiger partial charge in [-0.3, -0.25) is 0 Å². The van der Waals surface area contributed by atoms with Gasteiger partial charge in [0.1, 0.15) is 0 Å². The molecule has 0 bridgehead atoms. The van der Waals surface area contributed by atoms with E-state index in [1.807, 2.05) is 18.3 Å². The maximum absolute atomic E-state index is 7.66. The number of nitrogens with two attached hydrogens (primary N) is 2. The van der Waals surface area contributed by atoms with Gasteiger partial charge in [-0.15, -0.1) is 27.8 Å². The predicted octanol–water partition coefficient (Wildman–Crippen LogP) is 3.54. The van der Waals surface area contributed by atoms with Crippen LogP contribution in [0, 0.1) is 12.5 Å². The van der Waals surface area contributed by atoms with Crippen molar-refractivity contribution >= 4 is 28.5 Å². The van der Waals surface area contributed by atoms with E-state index in [1.165, 1.54) is 20.2 Å². The standard InChI is InChI=1S/C16H21N5S2/c1-9(17)8-16(15(20-18)21-19)11-5-6-22-13(11)3-4-14-12(16)7-10(2)23-14/h5-7,9,18H,3-4,8,17,19H2,1-2H3/b20-18?,21-15-/t9-,16?/m0/s1. The Bertz CT molecular complexity index is 758. The van der Waals surface area contributed by atoms with E-state index < -0.39 is 5.41 Å². The van der Waals surface area contributed by atoms with Crippen molar-refractivity contribution in [2.75, 3.05) is 0 Å². The minimum absolute atomic E-state index is 0.0626. The number of nitrogens with zero attached hydrogens (tertiary/aromatic N) is 2.